The van der Waals surface area contributed by atoms with Crippen molar-refractivity contribution in [3.63, 3.8) is 0 Å². The molecule has 0 bridgehead atoms. The molecule has 3 aromatic heterocycles. The number of anilines is 1. The number of hydrogen-bond donors (Lipinski definition) is 1. The molecule has 8 heteroatoms. The SMILES string of the molecule is CCn1cnc2c(NCc3cccc(-n4cncn4)c3)ncnc21. The zero-order valence-electron chi connectivity index (χ0n) is 13.2. The van der Waals surface area contributed by atoms with Crippen LogP contribution >= 0.6 is 0 Å². The molecular formula is C16H16N8. The molecule has 0 atom stereocenters. The van der Waals surface area contributed by atoms with Gasteiger partial charge in [0.15, 0.2) is 11.5 Å². The van der Waals surface area contributed by atoms with Crippen LogP contribution in [0.15, 0.2) is 49.6 Å². The Kier molecular flexibility index (Phi) is 3.62. The normalized spacial score (nSPS) is 11.0. The maximum absolute atomic E-state index is 4.41. The molecule has 0 radical (unpaired) electrons. The molecule has 0 spiro atoms. The Morgan fingerprint density at radius 3 is 2.88 bits per heavy atom. The van der Waals surface area contributed by atoms with E-state index in [0.29, 0.717) is 6.54 Å². The number of hydrogen-bond acceptors (Lipinski definition) is 6. The molecule has 0 amide bonds. The van der Waals surface area contributed by atoms with Crippen LogP contribution < -0.4 is 5.32 Å². The first-order chi connectivity index (χ1) is 11.8. The van der Waals surface area contributed by atoms with Crippen LogP contribution in [0.3, 0.4) is 0 Å². The Hall–Kier alpha value is -3.29. The third-order valence-electron chi connectivity index (χ3n) is 3.80. The van der Waals surface area contributed by atoms with E-state index in [9.17, 15) is 0 Å². The lowest BCUT2D eigenvalue weighted by atomic mass is 10.2. The monoisotopic (exact) mass is 320 g/mol. The lowest BCUT2D eigenvalue weighted by Gasteiger charge is -2.08. The van der Waals surface area contributed by atoms with Gasteiger partial charge in [-0.15, -0.1) is 0 Å². The van der Waals surface area contributed by atoms with Gasteiger partial charge in [0.2, 0.25) is 0 Å². The van der Waals surface area contributed by atoms with Gasteiger partial charge in [0.25, 0.3) is 0 Å². The van der Waals surface area contributed by atoms with E-state index in [2.05, 4.69) is 49.4 Å². The summed E-state index contributed by atoms with van der Waals surface area (Å²) < 4.78 is 3.73. The van der Waals surface area contributed by atoms with E-state index in [0.717, 1.165) is 34.8 Å². The molecule has 24 heavy (non-hydrogen) atoms. The summed E-state index contributed by atoms with van der Waals surface area (Å²) >= 11 is 0. The fourth-order valence-corrected chi connectivity index (χ4v) is 2.58. The summed E-state index contributed by atoms with van der Waals surface area (Å²) in [6, 6.07) is 8.10. The first-order valence-electron chi connectivity index (χ1n) is 7.69. The third kappa shape index (κ3) is 2.58. The molecule has 0 aliphatic rings. The van der Waals surface area contributed by atoms with Gasteiger partial charge in [-0.25, -0.2) is 24.6 Å². The zero-order chi connectivity index (χ0) is 16.4. The topological polar surface area (TPSA) is 86.3 Å². The Balaban J connectivity index is 1.57. The van der Waals surface area contributed by atoms with Crippen molar-refractivity contribution in [2.75, 3.05) is 5.32 Å². The van der Waals surface area contributed by atoms with Crippen molar-refractivity contribution >= 4 is 17.0 Å². The summed E-state index contributed by atoms with van der Waals surface area (Å²) in [6.07, 6.45) is 6.55. The van der Waals surface area contributed by atoms with Crippen molar-refractivity contribution in [3.05, 3.63) is 55.1 Å². The summed E-state index contributed by atoms with van der Waals surface area (Å²) in [6.45, 7) is 3.52. The largest absolute Gasteiger partial charge is 0.364 e. The fraction of sp³-hybridized carbons (Fsp3) is 0.188. The maximum Gasteiger partial charge on any atom is 0.165 e. The first-order valence-corrected chi connectivity index (χ1v) is 7.69. The highest BCUT2D eigenvalue weighted by atomic mass is 15.3. The zero-order valence-corrected chi connectivity index (χ0v) is 13.2. The molecule has 0 aliphatic heterocycles. The highest BCUT2D eigenvalue weighted by Gasteiger charge is 2.09. The van der Waals surface area contributed by atoms with Gasteiger partial charge < -0.3 is 9.88 Å². The Morgan fingerprint density at radius 2 is 2.04 bits per heavy atom. The van der Waals surface area contributed by atoms with Crippen LogP contribution in [0.5, 0.6) is 0 Å². The molecule has 1 N–H and O–H groups in total. The number of aryl methyl sites for hydroxylation is 1. The van der Waals surface area contributed by atoms with Crippen LogP contribution in [0.2, 0.25) is 0 Å². The Morgan fingerprint density at radius 1 is 1.08 bits per heavy atom. The van der Waals surface area contributed by atoms with Crippen LogP contribution in [0.1, 0.15) is 12.5 Å². The molecule has 0 saturated carbocycles. The molecule has 1 aromatic carbocycles. The number of imidazole rings is 1. The Bertz CT molecular complexity index is 957. The van der Waals surface area contributed by atoms with Crippen molar-refractivity contribution in [1.82, 2.24) is 34.3 Å². The minimum Gasteiger partial charge on any atom is -0.364 e. The van der Waals surface area contributed by atoms with E-state index in [-0.39, 0.29) is 0 Å². The van der Waals surface area contributed by atoms with Crippen LogP contribution in [-0.2, 0) is 13.1 Å². The predicted molar refractivity (Wildman–Crippen MR) is 89.7 cm³/mol. The number of benzene rings is 1. The molecule has 3 heterocycles. The molecule has 0 saturated heterocycles. The van der Waals surface area contributed by atoms with Crippen molar-refractivity contribution in [2.45, 2.75) is 20.0 Å². The smallest absolute Gasteiger partial charge is 0.165 e. The number of nitrogens with one attached hydrogen (secondary N) is 1. The minimum absolute atomic E-state index is 0.633. The number of rotatable bonds is 5. The van der Waals surface area contributed by atoms with Gasteiger partial charge in [0.1, 0.15) is 24.5 Å². The molecule has 0 fully saturated rings. The first kappa shape index (κ1) is 14.3. The highest BCUT2D eigenvalue weighted by Crippen LogP contribution is 2.18. The molecule has 0 aliphatic carbocycles. The van der Waals surface area contributed by atoms with Crippen molar-refractivity contribution in [1.29, 1.82) is 0 Å². The third-order valence-corrected chi connectivity index (χ3v) is 3.80. The second-order valence-corrected chi connectivity index (χ2v) is 5.29. The lowest BCUT2D eigenvalue weighted by Crippen LogP contribution is -2.04. The second kappa shape index (κ2) is 6.07. The van der Waals surface area contributed by atoms with E-state index in [1.54, 1.807) is 23.7 Å². The quantitative estimate of drug-likeness (QED) is 0.605. The van der Waals surface area contributed by atoms with Crippen LogP contribution in [0, 0.1) is 0 Å². The standard InChI is InChI=1S/C16H16N8/c1-2-23-11-21-14-15(19-9-20-16(14)23)18-7-12-4-3-5-13(6-12)24-10-17-8-22-24/h3-6,8-11H,2,7H2,1H3,(H,18,19,20). The Labute approximate surface area is 138 Å². The van der Waals surface area contributed by atoms with Gasteiger partial charge in [-0.1, -0.05) is 12.1 Å². The predicted octanol–water partition coefficient (Wildman–Crippen LogP) is 2.04. The van der Waals surface area contributed by atoms with Gasteiger partial charge in [-0.05, 0) is 24.6 Å². The van der Waals surface area contributed by atoms with E-state index >= 15 is 0 Å². The van der Waals surface area contributed by atoms with E-state index in [4.69, 9.17) is 0 Å². The summed E-state index contributed by atoms with van der Waals surface area (Å²) in [5.41, 5.74) is 3.71. The van der Waals surface area contributed by atoms with E-state index < -0.39 is 0 Å². The molecule has 4 rings (SSSR count). The molecule has 8 nitrogen and oxygen atoms in total. The minimum atomic E-state index is 0.633. The van der Waals surface area contributed by atoms with Crippen molar-refractivity contribution in [3.8, 4) is 5.69 Å². The maximum atomic E-state index is 4.41. The van der Waals surface area contributed by atoms with Gasteiger partial charge in [-0.3, -0.25) is 0 Å². The van der Waals surface area contributed by atoms with Gasteiger partial charge in [0, 0.05) is 13.1 Å². The van der Waals surface area contributed by atoms with Crippen LogP contribution in [0.4, 0.5) is 5.82 Å². The summed E-state index contributed by atoms with van der Waals surface area (Å²) in [7, 11) is 0. The number of nitrogens with zero attached hydrogens (tertiary/aromatic N) is 7. The molecule has 120 valence electrons. The number of aromatic nitrogens is 7. The van der Waals surface area contributed by atoms with Crippen molar-refractivity contribution in [2.24, 2.45) is 0 Å². The average molecular weight is 320 g/mol. The molecule has 4 aromatic rings. The lowest BCUT2D eigenvalue weighted by molar-refractivity contribution is 0.777. The summed E-state index contributed by atoms with van der Waals surface area (Å²) in [5, 5.41) is 7.49. The second-order valence-electron chi connectivity index (χ2n) is 5.29. The van der Waals surface area contributed by atoms with Gasteiger partial charge >= 0.3 is 0 Å². The van der Waals surface area contributed by atoms with E-state index in [1.165, 1.54) is 6.33 Å². The van der Waals surface area contributed by atoms with Gasteiger partial charge in [0.05, 0.1) is 12.0 Å². The van der Waals surface area contributed by atoms with E-state index in [1.807, 2.05) is 16.7 Å². The fourth-order valence-electron chi connectivity index (χ4n) is 2.58. The summed E-state index contributed by atoms with van der Waals surface area (Å²) in [4.78, 5) is 17.0. The number of fused-ring (bicyclic) bond motifs is 1. The highest BCUT2D eigenvalue weighted by molar-refractivity contribution is 5.82. The summed E-state index contributed by atoms with van der Waals surface area (Å²) in [5.74, 6) is 0.735. The average Bonchev–Trinajstić information content (AvgIpc) is 3.30. The molecular weight excluding hydrogens is 304 g/mol. The van der Waals surface area contributed by atoms with Crippen LogP contribution in [-0.4, -0.2) is 34.3 Å². The van der Waals surface area contributed by atoms with Crippen LogP contribution in [0.25, 0.3) is 16.9 Å². The molecule has 0 unspecified atom stereocenters. The van der Waals surface area contributed by atoms with Crippen molar-refractivity contribution < 1.29 is 0 Å². The van der Waals surface area contributed by atoms with Gasteiger partial charge in [-0.2, -0.15) is 5.10 Å².